The second-order valence-corrected chi connectivity index (χ2v) is 6.68. The van der Waals surface area contributed by atoms with E-state index in [2.05, 4.69) is 34.0 Å². The molecule has 4 nitrogen and oxygen atoms in total. The number of benzene rings is 1. The maximum Gasteiger partial charge on any atom is 0.150 e. The van der Waals surface area contributed by atoms with Gasteiger partial charge in [0.1, 0.15) is 6.29 Å². The number of ether oxygens (including phenoxy) is 1. The van der Waals surface area contributed by atoms with Crippen LogP contribution in [0.1, 0.15) is 49.5 Å². The monoisotopic (exact) mass is 364 g/mol. The van der Waals surface area contributed by atoms with Gasteiger partial charge in [0.15, 0.2) is 6.23 Å². The quantitative estimate of drug-likeness (QED) is 0.585. The lowest BCUT2D eigenvalue weighted by atomic mass is 10.0. The number of hydrogen-bond donors (Lipinski definition) is 0. The van der Waals surface area contributed by atoms with E-state index in [1.807, 2.05) is 10.9 Å². The number of halogens is 1. The van der Waals surface area contributed by atoms with Gasteiger partial charge in [-0.15, -0.1) is 0 Å². The molecule has 1 saturated heterocycles. The summed E-state index contributed by atoms with van der Waals surface area (Å²) < 4.78 is 8.99. The molecule has 2 aromatic rings. The van der Waals surface area contributed by atoms with E-state index >= 15 is 0 Å². The van der Waals surface area contributed by atoms with Crippen LogP contribution >= 0.6 is 15.9 Å². The van der Waals surface area contributed by atoms with Gasteiger partial charge in [-0.25, -0.2) is 4.68 Å². The van der Waals surface area contributed by atoms with Gasteiger partial charge < -0.3 is 9.53 Å². The molecule has 0 N–H and O–H groups in total. The molecule has 0 saturated carbocycles. The summed E-state index contributed by atoms with van der Waals surface area (Å²) in [6, 6.07) is 2.20. The third-order valence-corrected chi connectivity index (χ3v) is 5.25. The molecule has 2 heterocycles. The molecule has 1 fully saturated rings. The van der Waals surface area contributed by atoms with Gasteiger partial charge in [0.2, 0.25) is 0 Å². The number of carbonyl (C=O) groups is 1. The van der Waals surface area contributed by atoms with Crippen LogP contribution in [-0.2, 0) is 16.0 Å². The molecule has 1 unspecified atom stereocenters. The van der Waals surface area contributed by atoms with Gasteiger partial charge in [-0.05, 0) is 72.2 Å². The molecule has 22 heavy (non-hydrogen) atoms. The Morgan fingerprint density at radius 2 is 2.36 bits per heavy atom. The second kappa shape index (κ2) is 6.92. The first-order valence-electron chi connectivity index (χ1n) is 7.93. The largest absolute Gasteiger partial charge is 0.356 e. The summed E-state index contributed by atoms with van der Waals surface area (Å²) in [5.41, 5.74) is 3.64. The average molecular weight is 365 g/mol. The minimum atomic E-state index is 0.0541. The number of aryl methyl sites for hydroxylation is 1. The van der Waals surface area contributed by atoms with Crippen molar-refractivity contribution in [2.24, 2.45) is 0 Å². The van der Waals surface area contributed by atoms with Gasteiger partial charge in [-0.1, -0.05) is 0 Å². The summed E-state index contributed by atoms with van der Waals surface area (Å²) in [6.45, 7) is 2.94. The van der Waals surface area contributed by atoms with Crippen LogP contribution in [0.25, 0.3) is 10.9 Å². The average Bonchev–Trinajstić information content (AvgIpc) is 2.95. The third-order valence-electron chi connectivity index (χ3n) is 4.34. The highest BCUT2D eigenvalue weighted by Gasteiger charge is 2.20. The van der Waals surface area contributed by atoms with Crippen LogP contribution in [0.15, 0.2) is 16.7 Å². The minimum absolute atomic E-state index is 0.0541. The molecule has 5 heteroatoms. The molecule has 0 amide bonds. The van der Waals surface area contributed by atoms with Gasteiger partial charge in [0, 0.05) is 22.9 Å². The second-order valence-electron chi connectivity index (χ2n) is 5.89. The molecule has 0 radical (unpaired) electrons. The Labute approximate surface area is 139 Å². The van der Waals surface area contributed by atoms with Crippen molar-refractivity contribution in [3.8, 4) is 0 Å². The summed E-state index contributed by atoms with van der Waals surface area (Å²) in [6.07, 6.45) is 8.71. The van der Waals surface area contributed by atoms with Gasteiger partial charge in [0.25, 0.3) is 0 Å². The maximum atomic E-state index is 10.5. The molecule has 1 aromatic heterocycles. The fourth-order valence-corrected chi connectivity index (χ4v) is 3.94. The van der Waals surface area contributed by atoms with Crippen molar-refractivity contribution in [3.63, 3.8) is 0 Å². The standard InChI is InChI=1S/C17H21BrN2O2/c1-12-10-15-14(17(18)13(12)6-2-4-8-21)11-19-20(15)16-7-3-5-9-22-16/h8,10-11,16H,2-7,9H2,1H3. The molecule has 0 aliphatic carbocycles. The molecule has 0 bridgehead atoms. The lowest BCUT2D eigenvalue weighted by Gasteiger charge is -2.23. The number of aldehydes is 1. The third kappa shape index (κ3) is 2.97. The molecular weight excluding hydrogens is 344 g/mol. The first-order chi connectivity index (χ1) is 10.7. The van der Waals surface area contributed by atoms with Crippen LogP contribution in [0.3, 0.4) is 0 Å². The molecule has 1 aliphatic rings. The van der Waals surface area contributed by atoms with Crippen molar-refractivity contribution in [1.82, 2.24) is 9.78 Å². The molecule has 1 atom stereocenters. The fraction of sp³-hybridized carbons (Fsp3) is 0.529. The number of aromatic nitrogens is 2. The Morgan fingerprint density at radius 3 is 3.09 bits per heavy atom. The number of carbonyl (C=O) groups excluding carboxylic acids is 1. The maximum absolute atomic E-state index is 10.5. The Morgan fingerprint density at radius 1 is 1.50 bits per heavy atom. The molecular formula is C17H21BrN2O2. The summed E-state index contributed by atoms with van der Waals surface area (Å²) >= 11 is 3.74. The Balaban J connectivity index is 1.96. The lowest BCUT2D eigenvalue weighted by Crippen LogP contribution is -2.19. The molecule has 1 aliphatic heterocycles. The predicted molar refractivity (Wildman–Crippen MR) is 90.0 cm³/mol. The lowest BCUT2D eigenvalue weighted by molar-refractivity contribution is -0.107. The van der Waals surface area contributed by atoms with E-state index in [4.69, 9.17) is 4.74 Å². The van der Waals surface area contributed by atoms with E-state index in [0.29, 0.717) is 6.42 Å². The molecule has 1 aromatic carbocycles. The summed E-state index contributed by atoms with van der Waals surface area (Å²) in [5.74, 6) is 0. The first kappa shape index (κ1) is 15.7. The van der Waals surface area contributed by atoms with Crippen molar-refractivity contribution >= 4 is 33.1 Å². The minimum Gasteiger partial charge on any atom is -0.356 e. The summed E-state index contributed by atoms with van der Waals surface area (Å²) in [4.78, 5) is 10.5. The number of nitrogens with zero attached hydrogens (tertiary/aromatic N) is 2. The van der Waals surface area contributed by atoms with Crippen molar-refractivity contribution in [1.29, 1.82) is 0 Å². The van der Waals surface area contributed by atoms with Crippen LogP contribution in [0.2, 0.25) is 0 Å². The van der Waals surface area contributed by atoms with Gasteiger partial charge in [-0.3, -0.25) is 0 Å². The van der Waals surface area contributed by atoms with E-state index in [0.717, 1.165) is 54.0 Å². The topological polar surface area (TPSA) is 44.1 Å². The Kier molecular flexibility index (Phi) is 4.93. The van der Waals surface area contributed by atoms with E-state index in [9.17, 15) is 4.79 Å². The fourth-order valence-electron chi connectivity index (χ4n) is 3.13. The Hall–Kier alpha value is -1.20. The van der Waals surface area contributed by atoms with Crippen LogP contribution < -0.4 is 0 Å². The zero-order chi connectivity index (χ0) is 15.5. The van der Waals surface area contributed by atoms with Gasteiger partial charge in [-0.2, -0.15) is 5.10 Å². The van der Waals surface area contributed by atoms with Crippen LogP contribution in [0, 0.1) is 6.92 Å². The summed E-state index contributed by atoms with van der Waals surface area (Å²) in [5, 5.41) is 5.69. The predicted octanol–water partition coefficient (Wildman–Crippen LogP) is 4.33. The smallest absolute Gasteiger partial charge is 0.150 e. The number of fused-ring (bicyclic) bond motifs is 1. The van der Waals surface area contributed by atoms with Crippen molar-refractivity contribution in [2.75, 3.05) is 6.61 Å². The molecule has 118 valence electrons. The van der Waals surface area contributed by atoms with Crippen molar-refractivity contribution < 1.29 is 9.53 Å². The highest BCUT2D eigenvalue weighted by Crippen LogP contribution is 2.34. The first-order valence-corrected chi connectivity index (χ1v) is 8.72. The Bertz CT molecular complexity index is 675. The van der Waals surface area contributed by atoms with E-state index in [1.54, 1.807) is 0 Å². The summed E-state index contributed by atoms with van der Waals surface area (Å²) in [7, 11) is 0. The highest BCUT2D eigenvalue weighted by molar-refractivity contribution is 9.10. The van der Waals surface area contributed by atoms with E-state index < -0.39 is 0 Å². The zero-order valence-corrected chi connectivity index (χ0v) is 14.4. The van der Waals surface area contributed by atoms with Gasteiger partial charge >= 0.3 is 0 Å². The van der Waals surface area contributed by atoms with Crippen LogP contribution in [-0.4, -0.2) is 22.7 Å². The zero-order valence-electron chi connectivity index (χ0n) is 12.8. The van der Waals surface area contributed by atoms with Crippen LogP contribution in [0.5, 0.6) is 0 Å². The van der Waals surface area contributed by atoms with Crippen molar-refractivity contribution in [3.05, 3.63) is 27.9 Å². The van der Waals surface area contributed by atoms with Crippen molar-refractivity contribution in [2.45, 2.75) is 51.7 Å². The number of hydrogen-bond acceptors (Lipinski definition) is 3. The molecule has 0 spiro atoms. The van der Waals surface area contributed by atoms with Crippen LogP contribution in [0.4, 0.5) is 0 Å². The number of unbranched alkanes of at least 4 members (excludes halogenated alkanes) is 1. The van der Waals surface area contributed by atoms with E-state index in [1.165, 1.54) is 17.5 Å². The highest BCUT2D eigenvalue weighted by atomic mass is 79.9. The van der Waals surface area contributed by atoms with E-state index in [-0.39, 0.29) is 6.23 Å². The number of rotatable bonds is 5. The normalized spacial score (nSPS) is 18.7. The SMILES string of the molecule is Cc1cc2c(cnn2C2CCCCO2)c(Br)c1CCCC=O. The molecule has 3 rings (SSSR count). The van der Waals surface area contributed by atoms with Gasteiger partial charge in [0.05, 0.1) is 11.7 Å².